The van der Waals surface area contributed by atoms with Crippen LogP contribution in [0, 0.1) is 0 Å². The maximum atomic E-state index is 11.7. The summed E-state index contributed by atoms with van der Waals surface area (Å²) in [7, 11) is -1.61. The average molecular weight is 336 g/mol. The molecule has 1 N–H and O–H groups in total. The summed E-state index contributed by atoms with van der Waals surface area (Å²) >= 11 is 3.38. The largest absolute Gasteiger partial charge is 0.496 e. The van der Waals surface area contributed by atoms with Crippen molar-refractivity contribution in [3.05, 3.63) is 28.2 Å². The Morgan fingerprint density at radius 2 is 2.11 bits per heavy atom. The van der Waals surface area contributed by atoms with Crippen molar-refractivity contribution in [1.82, 2.24) is 4.72 Å². The van der Waals surface area contributed by atoms with Crippen molar-refractivity contribution in [1.29, 1.82) is 0 Å². The van der Waals surface area contributed by atoms with Gasteiger partial charge in [0.05, 0.1) is 17.3 Å². The highest BCUT2D eigenvalue weighted by atomic mass is 79.9. The van der Waals surface area contributed by atoms with Crippen LogP contribution in [0.1, 0.15) is 31.9 Å². The van der Waals surface area contributed by atoms with Crippen LogP contribution < -0.4 is 9.46 Å². The fraction of sp³-hybridized carbons (Fsp3) is 0.500. The number of halogens is 1. The van der Waals surface area contributed by atoms with Crippen molar-refractivity contribution in [2.45, 2.75) is 26.3 Å². The van der Waals surface area contributed by atoms with Crippen molar-refractivity contribution in [3.8, 4) is 5.75 Å². The van der Waals surface area contributed by atoms with Gasteiger partial charge in [0, 0.05) is 6.04 Å². The SMILES string of the molecule is CCCS(=O)(=O)N[C@H](C)c1ccc(OC)c(Br)c1. The number of sulfonamides is 1. The fourth-order valence-corrected chi connectivity index (χ4v) is 3.51. The molecule has 4 nitrogen and oxygen atoms in total. The van der Waals surface area contributed by atoms with Crippen molar-refractivity contribution in [3.63, 3.8) is 0 Å². The number of methoxy groups -OCH3 is 1. The predicted molar refractivity (Wildman–Crippen MR) is 76.3 cm³/mol. The van der Waals surface area contributed by atoms with E-state index in [2.05, 4.69) is 20.7 Å². The highest BCUT2D eigenvalue weighted by Crippen LogP contribution is 2.28. The number of hydrogen-bond donors (Lipinski definition) is 1. The van der Waals surface area contributed by atoms with E-state index in [1.807, 2.05) is 32.0 Å². The Morgan fingerprint density at radius 1 is 1.44 bits per heavy atom. The first-order valence-electron chi connectivity index (χ1n) is 5.73. The Labute approximate surface area is 117 Å². The Hall–Kier alpha value is -0.590. The van der Waals surface area contributed by atoms with Gasteiger partial charge in [-0.1, -0.05) is 13.0 Å². The van der Waals surface area contributed by atoms with Gasteiger partial charge in [0.2, 0.25) is 10.0 Å². The lowest BCUT2D eigenvalue weighted by Crippen LogP contribution is -2.28. The molecule has 18 heavy (non-hydrogen) atoms. The van der Waals surface area contributed by atoms with E-state index < -0.39 is 10.0 Å². The third-order valence-electron chi connectivity index (χ3n) is 2.51. The second-order valence-corrected chi connectivity index (χ2v) is 6.78. The summed E-state index contributed by atoms with van der Waals surface area (Å²) in [6.45, 7) is 3.66. The number of benzene rings is 1. The molecular weight excluding hydrogens is 318 g/mol. The van der Waals surface area contributed by atoms with Crippen LogP contribution in [0.4, 0.5) is 0 Å². The van der Waals surface area contributed by atoms with Gasteiger partial charge in [0.1, 0.15) is 5.75 Å². The fourth-order valence-electron chi connectivity index (χ4n) is 1.62. The van der Waals surface area contributed by atoms with E-state index in [1.54, 1.807) is 7.11 Å². The van der Waals surface area contributed by atoms with Crippen LogP contribution in [0.25, 0.3) is 0 Å². The molecule has 0 aliphatic rings. The lowest BCUT2D eigenvalue weighted by molar-refractivity contribution is 0.412. The molecule has 1 rings (SSSR count). The predicted octanol–water partition coefficient (Wildman–Crippen LogP) is 2.85. The van der Waals surface area contributed by atoms with Crippen LogP contribution in [0.3, 0.4) is 0 Å². The number of nitrogens with one attached hydrogen (secondary N) is 1. The third kappa shape index (κ3) is 4.26. The minimum Gasteiger partial charge on any atom is -0.496 e. The van der Waals surface area contributed by atoms with Gasteiger partial charge in [-0.2, -0.15) is 0 Å². The molecule has 0 radical (unpaired) electrons. The van der Waals surface area contributed by atoms with Gasteiger partial charge < -0.3 is 4.74 Å². The standard InChI is InChI=1S/C12H18BrNO3S/c1-4-7-18(15,16)14-9(2)10-5-6-12(17-3)11(13)8-10/h5-6,8-9,14H,4,7H2,1-3H3/t9-/m1/s1. The van der Waals surface area contributed by atoms with Crippen molar-refractivity contribution < 1.29 is 13.2 Å². The van der Waals surface area contributed by atoms with E-state index in [4.69, 9.17) is 4.74 Å². The molecule has 102 valence electrons. The molecule has 0 aromatic heterocycles. The molecule has 0 aliphatic carbocycles. The van der Waals surface area contributed by atoms with Gasteiger partial charge in [0.25, 0.3) is 0 Å². The lowest BCUT2D eigenvalue weighted by Gasteiger charge is -2.15. The average Bonchev–Trinajstić information content (AvgIpc) is 2.28. The highest BCUT2D eigenvalue weighted by molar-refractivity contribution is 9.10. The summed E-state index contributed by atoms with van der Waals surface area (Å²) < 4.78 is 31.9. The molecule has 0 saturated carbocycles. The molecule has 0 amide bonds. The van der Waals surface area contributed by atoms with Gasteiger partial charge >= 0.3 is 0 Å². The van der Waals surface area contributed by atoms with Crippen LogP contribution in [0.5, 0.6) is 5.75 Å². The van der Waals surface area contributed by atoms with Crippen LogP contribution >= 0.6 is 15.9 Å². The molecule has 1 atom stereocenters. The maximum Gasteiger partial charge on any atom is 0.212 e. The third-order valence-corrected chi connectivity index (χ3v) is 4.78. The van der Waals surface area contributed by atoms with Gasteiger partial charge in [-0.3, -0.25) is 0 Å². The van der Waals surface area contributed by atoms with Crippen LogP contribution in [0.15, 0.2) is 22.7 Å². The van der Waals surface area contributed by atoms with Crippen LogP contribution in [0.2, 0.25) is 0 Å². The lowest BCUT2D eigenvalue weighted by atomic mass is 10.1. The second-order valence-electron chi connectivity index (χ2n) is 4.05. The maximum absolute atomic E-state index is 11.7. The molecule has 6 heteroatoms. The summed E-state index contributed by atoms with van der Waals surface area (Å²) in [5, 5.41) is 0. The number of hydrogen-bond acceptors (Lipinski definition) is 3. The van der Waals surface area contributed by atoms with Gasteiger partial charge in [0.15, 0.2) is 0 Å². The van der Waals surface area contributed by atoms with E-state index in [9.17, 15) is 8.42 Å². The zero-order valence-electron chi connectivity index (χ0n) is 10.7. The molecule has 0 unspecified atom stereocenters. The Kier molecular flexibility index (Phi) is 5.62. The minimum atomic E-state index is -3.20. The molecule has 0 spiro atoms. The summed E-state index contributed by atoms with van der Waals surface area (Å²) in [4.78, 5) is 0. The second kappa shape index (κ2) is 6.54. The molecule has 1 aromatic carbocycles. The molecule has 0 fully saturated rings. The number of ether oxygens (including phenoxy) is 1. The molecule has 1 aromatic rings. The molecule has 0 bridgehead atoms. The topological polar surface area (TPSA) is 55.4 Å². The van der Waals surface area contributed by atoms with Gasteiger partial charge in [-0.05, 0) is 47.0 Å². The first-order chi connectivity index (χ1) is 8.39. The van der Waals surface area contributed by atoms with E-state index in [-0.39, 0.29) is 11.8 Å². The molecule has 0 saturated heterocycles. The van der Waals surface area contributed by atoms with Crippen LogP contribution in [-0.2, 0) is 10.0 Å². The van der Waals surface area contributed by atoms with Crippen molar-refractivity contribution >= 4 is 26.0 Å². The molecule has 0 aliphatic heterocycles. The number of rotatable bonds is 6. The quantitative estimate of drug-likeness (QED) is 0.869. The van der Waals surface area contributed by atoms with E-state index in [0.29, 0.717) is 6.42 Å². The minimum absolute atomic E-state index is 0.147. The first kappa shape index (κ1) is 15.5. The summed E-state index contributed by atoms with van der Waals surface area (Å²) in [6.07, 6.45) is 0.606. The van der Waals surface area contributed by atoms with E-state index in [0.717, 1.165) is 15.8 Å². The highest BCUT2D eigenvalue weighted by Gasteiger charge is 2.15. The smallest absolute Gasteiger partial charge is 0.212 e. The summed E-state index contributed by atoms with van der Waals surface area (Å²) in [5.41, 5.74) is 0.891. The summed E-state index contributed by atoms with van der Waals surface area (Å²) in [5.74, 6) is 0.872. The molecular formula is C12H18BrNO3S. The first-order valence-corrected chi connectivity index (χ1v) is 8.17. The zero-order valence-corrected chi connectivity index (χ0v) is 13.1. The van der Waals surface area contributed by atoms with E-state index >= 15 is 0 Å². The Bertz CT molecular complexity index is 502. The summed E-state index contributed by atoms with van der Waals surface area (Å²) in [6, 6.07) is 5.26. The monoisotopic (exact) mass is 335 g/mol. The molecule has 0 heterocycles. The zero-order chi connectivity index (χ0) is 13.8. The Morgan fingerprint density at radius 3 is 2.61 bits per heavy atom. The van der Waals surface area contributed by atoms with E-state index in [1.165, 1.54) is 0 Å². The van der Waals surface area contributed by atoms with Crippen LogP contribution in [-0.4, -0.2) is 21.3 Å². The van der Waals surface area contributed by atoms with Gasteiger partial charge in [-0.15, -0.1) is 0 Å². The Balaban J connectivity index is 2.85. The van der Waals surface area contributed by atoms with Crippen molar-refractivity contribution in [2.75, 3.05) is 12.9 Å². The van der Waals surface area contributed by atoms with Crippen molar-refractivity contribution in [2.24, 2.45) is 0 Å². The van der Waals surface area contributed by atoms with Gasteiger partial charge in [-0.25, -0.2) is 13.1 Å². The normalized spacial score (nSPS) is 13.3.